The zero-order chi connectivity index (χ0) is 16.1. The standard InChI is InChI=1S/C21H16N2O/c1-2-19-22-16-13-12-15(14-8-4-3-5-9-14)21-20(16)23(19)17-10-6-7-11-18(17)24-21/h3-13H,2H2,1H3. The number of aryl methyl sites for hydroxylation is 1. The number of fused-ring (bicyclic) bond motifs is 2. The molecule has 1 aliphatic rings. The van der Waals surface area contributed by atoms with Gasteiger partial charge in [0.15, 0.2) is 11.5 Å². The summed E-state index contributed by atoms with van der Waals surface area (Å²) in [5.74, 6) is 2.83. The lowest BCUT2D eigenvalue weighted by Crippen LogP contribution is -2.07. The van der Waals surface area contributed by atoms with Crippen LogP contribution in [0.15, 0.2) is 66.7 Å². The third-order valence-electron chi connectivity index (χ3n) is 4.56. The van der Waals surface area contributed by atoms with E-state index in [4.69, 9.17) is 9.72 Å². The first kappa shape index (κ1) is 13.4. The van der Waals surface area contributed by atoms with E-state index in [2.05, 4.69) is 54.0 Å². The van der Waals surface area contributed by atoms with Crippen molar-refractivity contribution in [2.24, 2.45) is 0 Å². The van der Waals surface area contributed by atoms with E-state index in [0.717, 1.165) is 51.6 Å². The van der Waals surface area contributed by atoms with Crippen molar-refractivity contribution in [3.8, 4) is 28.3 Å². The molecule has 5 rings (SSSR count). The maximum Gasteiger partial charge on any atom is 0.161 e. The molecule has 0 saturated carbocycles. The molecule has 0 unspecified atom stereocenters. The van der Waals surface area contributed by atoms with Gasteiger partial charge < -0.3 is 4.74 Å². The van der Waals surface area contributed by atoms with E-state index in [9.17, 15) is 0 Å². The summed E-state index contributed by atoms with van der Waals surface area (Å²) >= 11 is 0. The first-order chi connectivity index (χ1) is 11.9. The number of hydrogen-bond donors (Lipinski definition) is 0. The fourth-order valence-electron chi connectivity index (χ4n) is 3.47. The molecular weight excluding hydrogens is 296 g/mol. The van der Waals surface area contributed by atoms with Crippen LogP contribution in [-0.2, 0) is 6.42 Å². The summed E-state index contributed by atoms with van der Waals surface area (Å²) in [5, 5.41) is 0. The second-order valence-corrected chi connectivity index (χ2v) is 5.96. The van der Waals surface area contributed by atoms with Crippen LogP contribution < -0.4 is 4.74 Å². The maximum absolute atomic E-state index is 6.33. The molecule has 3 aromatic carbocycles. The van der Waals surface area contributed by atoms with Crippen molar-refractivity contribution in [2.75, 3.05) is 0 Å². The lowest BCUT2D eigenvalue weighted by Gasteiger charge is -2.22. The van der Waals surface area contributed by atoms with E-state index in [0.29, 0.717) is 0 Å². The number of nitrogens with zero attached hydrogens (tertiary/aromatic N) is 2. The van der Waals surface area contributed by atoms with Gasteiger partial charge >= 0.3 is 0 Å². The molecule has 0 amide bonds. The van der Waals surface area contributed by atoms with Crippen LogP contribution in [0.5, 0.6) is 11.5 Å². The molecule has 0 spiro atoms. The van der Waals surface area contributed by atoms with Crippen LogP contribution in [0.1, 0.15) is 12.7 Å². The van der Waals surface area contributed by atoms with E-state index in [1.165, 1.54) is 0 Å². The Kier molecular flexibility index (Phi) is 2.77. The quantitative estimate of drug-likeness (QED) is 0.439. The van der Waals surface area contributed by atoms with Crippen molar-refractivity contribution in [1.82, 2.24) is 9.55 Å². The smallest absolute Gasteiger partial charge is 0.161 e. The predicted molar refractivity (Wildman–Crippen MR) is 96.0 cm³/mol. The van der Waals surface area contributed by atoms with Crippen LogP contribution in [0, 0.1) is 0 Å². The van der Waals surface area contributed by atoms with Crippen molar-refractivity contribution in [1.29, 1.82) is 0 Å². The molecule has 1 aromatic heterocycles. The minimum atomic E-state index is 0.877. The predicted octanol–water partition coefficient (Wildman–Crippen LogP) is 5.36. The minimum Gasteiger partial charge on any atom is -0.452 e. The van der Waals surface area contributed by atoms with Crippen molar-refractivity contribution >= 4 is 11.0 Å². The van der Waals surface area contributed by atoms with Gasteiger partial charge in [-0.3, -0.25) is 4.57 Å². The summed E-state index contributed by atoms with van der Waals surface area (Å²) in [6, 6.07) is 22.7. The summed E-state index contributed by atoms with van der Waals surface area (Å²) in [5.41, 5.74) is 5.36. The molecular formula is C21H16N2O. The first-order valence-electron chi connectivity index (χ1n) is 8.24. The van der Waals surface area contributed by atoms with Crippen LogP contribution in [0.25, 0.3) is 27.8 Å². The van der Waals surface area contributed by atoms with Crippen LogP contribution >= 0.6 is 0 Å². The first-order valence-corrected chi connectivity index (χ1v) is 8.24. The molecule has 116 valence electrons. The van der Waals surface area contributed by atoms with Gasteiger partial charge in [0.25, 0.3) is 0 Å². The number of para-hydroxylation sites is 2. The van der Waals surface area contributed by atoms with E-state index < -0.39 is 0 Å². The molecule has 0 radical (unpaired) electrons. The topological polar surface area (TPSA) is 27.1 Å². The molecule has 2 heterocycles. The van der Waals surface area contributed by atoms with E-state index in [1.54, 1.807) is 0 Å². The van der Waals surface area contributed by atoms with Gasteiger partial charge in [-0.25, -0.2) is 4.98 Å². The fraction of sp³-hybridized carbons (Fsp3) is 0.0952. The largest absolute Gasteiger partial charge is 0.452 e. The Morgan fingerprint density at radius 3 is 2.54 bits per heavy atom. The molecule has 0 fully saturated rings. The number of benzene rings is 3. The molecule has 0 saturated heterocycles. The van der Waals surface area contributed by atoms with Crippen molar-refractivity contribution < 1.29 is 4.74 Å². The zero-order valence-corrected chi connectivity index (χ0v) is 13.4. The Balaban J connectivity index is 1.90. The van der Waals surface area contributed by atoms with Crippen molar-refractivity contribution in [3.63, 3.8) is 0 Å². The van der Waals surface area contributed by atoms with Gasteiger partial charge in [-0.1, -0.05) is 49.4 Å². The second kappa shape index (κ2) is 4.96. The second-order valence-electron chi connectivity index (χ2n) is 5.96. The maximum atomic E-state index is 6.33. The Morgan fingerprint density at radius 2 is 1.71 bits per heavy atom. The summed E-state index contributed by atoms with van der Waals surface area (Å²) in [6.45, 7) is 2.14. The third kappa shape index (κ3) is 1.75. The highest BCUT2D eigenvalue weighted by Crippen LogP contribution is 2.46. The fourth-order valence-corrected chi connectivity index (χ4v) is 3.47. The molecule has 4 aromatic rings. The van der Waals surface area contributed by atoms with Crippen LogP contribution in [0.4, 0.5) is 0 Å². The Morgan fingerprint density at radius 1 is 0.917 bits per heavy atom. The third-order valence-corrected chi connectivity index (χ3v) is 4.56. The molecule has 0 N–H and O–H groups in total. The number of hydrogen-bond acceptors (Lipinski definition) is 2. The molecule has 1 aliphatic heterocycles. The highest BCUT2D eigenvalue weighted by molar-refractivity contribution is 5.94. The highest BCUT2D eigenvalue weighted by atomic mass is 16.5. The molecule has 3 heteroatoms. The Hall–Kier alpha value is -3.07. The number of ether oxygens (including phenoxy) is 1. The lowest BCUT2D eigenvalue weighted by molar-refractivity contribution is 0.476. The summed E-state index contributed by atoms with van der Waals surface area (Å²) < 4.78 is 8.58. The zero-order valence-electron chi connectivity index (χ0n) is 13.4. The molecule has 0 aliphatic carbocycles. The van der Waals surface area contributed by atoms with Gasteiger partial charge in [-0.15, -0.1) is 0 Å². The number of rotatable bonds is 2. The summed E-state index contributed by atoms with van der Waals surface area (Å²) in [6.07, 6.45) is 0.878. The molecule has 3 nitrogen and oxygen atoms in total. The van der Waals surface area contributed by atoms with Crippen molar-refractivity contribution in [3.05, 3.63) is 72.6 Å². The van der Waals surface area contributed by atoms with Gasteiger partial charge in [0, 0.05) is 12.0 Å². The lowest BCUT2D eigenvalue weighted by atomic mass is 10.0. The van der Waals surface area contributed by atoms with Gasteiger partial charge in [0.1, 0.15) is 11.3 Å². The molecule has 0 atom stereocenters. The van der Waals surface area contributed by atoms with Crippen LogP contribution in [0.3, 0.4) is 0 Å². The van der Waals surface area contributed by atoms with Gasteiger partial charge in [-0.2, -0.15) is 0 Å². The summed E-state index contributed by atoms with van der Waals surface area (Å²) in [7, 11) is 0. The van der Waals surface area contributed by atoms with E-state index in [1.807, 2.05) is 24.3 Å². The number of imidazole rings is 1. The van der Waals surface area contributed by atoms with Crippen LogP contribution in [0.2, 0.25) is 0 Å². The SMILES string of the molecule is CCc1nc2ccc(-c3ccccc3)c3c2n1-c1ccccc1O3. The monoisotopic (exact) mass is 312 g/mol. The van der Waals surface area contributed by atoms with Crippen LogP contribution in [-0.4, -0.2) is 9.55 Å². The highest BCUT2D eigenvalue weighted by Gasteiger charge is 2.25. The molecule has 24 heavy (non-hydrogen) atoms. The van der Waals surface area contributed by atoms with E-state index >= 15 is 0 Å². The minimum absolute atomic E-state index is 0.877. The van der Waals surface area contributed by atoms with Gasteiger partial charge in [0.05, 0.1) is 11.2 Å². The van der Waals surface area contributed by atoms with Crippen molar-refractivity contribution in [2.45, 2.75) is 13.3 Å². The Labute approximate surface area is 140 Å². The average molecular weight is 312 g/mol. The summed E-state index contributed by atoms with van der Waals surface area (Å²) in [4.78, 5) is 4.82. The van der Waals surface area contributed by atoms with Gasteiger partial charge in [-0.05, 0) is 29.8 Å². The average Bonchev–Trinajstić information content (AvgIpc) is 3.03. The normalized spacial score (nSPS) is 12.0. The number of aromatic nitrogens is 2. The Bertz CT molecular complexity index is 1060. The van der Waals surface area contributed by atoms with Gasteiger partial charge in [0.2, 0.25) is 0 Å². The van der Waals surface area contributed by atoms with E-state index in [-0.39, 0.29) is 0 Å². The molecule has 0 bridgehead atoms.